The number of hydrogen-bond acceptors (Lipinski definition) is 5. The number of hydrogen-bond donors (Lipinski definition) is 1. The second-order valence-corrected chi connectivity index (χ2v) is 6.06. The van der Waals surface area contributed by atoms with Gasteiger partial charge in [0.25, 0.3) is 5.56 Å². The highest BCUT2D eigenvalue weighted by molar-refractivity contribution is 5.93. The Morgan fingerprint density at radius 1 is 1.15 bits per heavy atom. The summed E-state index contributed by atoms with van der Waals surface area (Å²) < 4.78 is 6.05. The monoisotopic (exact) mass is 364 g/mol. The van der Waals surface area contributed by atoms with E-state index < -0.39 is 6.09 Å². The van der Waals surface area contributed by atoms with E-state index in [0.717, 1.165) is 10.1 Å². The average Bonchev–Trinajstić information content (AvgIpc) is 3.10. The van der Waals surface area contributed by atoms with Crippen LogP contribution in [0.1, 0.15) is 0 Å². The molecule has 0 saturated carbocycles. The van der Waals surface area contributed by atoms with Gasteiger partial charge in [0.15, 0.2) is 0 Å². The van der Waals surface area contributed by atoms with Crippen molar-refractivity contribution in [3.05, 3.63) is 65.1 Å². The summed E-state index contributed by atoms with van der Waals surface area (Å²) in [4.78, 5) is 37.9. The predicted octanol–water partition coefficient (Wildman–Crippen LogP) is 1.99. The van der Waals surface area contributed by atoms with Crippen molar-refractivity contribution >= 4 is 34.1 Å². The first kappa shape index (κ1) is 16.8. The van der Waals surface area contributed by atoms with Crippen LogP contribution >= 0.6 is 0 Å². The van der Waals surface area contributed by atoms with Crippen LogP contribution in [0.25, 0.3) is 10.8 Å². The highest BCUT2D eigenvalue weighted by Crippen LogP contribution is 2.22. The number of amides is 2. The topological polar surface area (TPSA) is 93.5 Å². The molecule has 1 aromatic heterocycles. The largest absolute Gasteiger partial charge is 0.447 e. The molecule has 0 aliphatic carbocycles. The molecule has 1 aliphatic rings. The molecule has 27 heavy (non-hydrogen) atoms. The molecule has 136 valence electrons. The molecule has 3 aromatic rings. The van der Waals surface area contributed by atoms with Crippen LogP contribution in [0.2, 0.25) is 0 Å². The maximum Gasteiger partial charge on any atom is 0.414 e. The van der Waals surface area contributed by atoms with Crippen LogP contribution in [-0.4, -0.2) is 34.9 Å². The lowest BCUT2D eigenvalue weighted by molar-refractivity contribution is -0.117. The van der Waals surface area contributed by atoms with Crippen LogP contribution in [0.15, 0.2) is 59.5 Å². The number of ether oxygens (including phenoxy) is 1. The Balaban J connectivity index is 1.51. The number of cyclic esters (lactones) is 1. The third-order valence-corrected chi connectivity index (χ3v) is 4.26. The number of nitrogens with zero attached hydrogens (tertiary/aromatic N) is 3. The second-order valence-electron chi connectivity index (χ2n) is 6.06. The number of carbonyl (C=O) groups excluding carboxylic acids is 2. The van der Waals surface area contributed by atoms with E-state index in [1.54, 1.807) is 48.7 Å². The fourth-order valence-corrected chi connectivity index (χ4v) is 2.96. The summed E-state index contributed by atoms with van der Waals surface area (Å²) in [6, 6.07) is 14.0. The van der Waals surface area contributed by atoms with E-state index in [1.165, 1.54) is 4.90 Å². The van der Waals surface area contributed by atoms with Gasteiger partial charge in [0.05, 0.1) is 18.1 Å². The van der Waals surface area contributed by atoms with Crippen molar-refractivity contribution in [2.24, 2.45) is 0 Å². The smallest absolute Gasteiger partial charge is 0.414 e. The van der Waals surface area contributed by atoms with Gasteiger partial charge >= 0.3 is 6.09 Å². The fraction of sp³-hybridized carbons (Fsp3) is 0.158. The van der Waals surface area contributed by atoms with Gasteiger partial charge in [0, 0.05) is 16.8 Å². The van der Waals surface area contributed by atoms with Gasteiger partial charge in [-0.2, -0.15) is 5.10 Å². The van der Waals surface area contributed by atoms with Crippen molar-refractivity contribution in [2.45, 2.75) is 6.54 Å². The average molecular weight is 364 g/mol. The minimum Gasteiger partial charge on any atom is -0.447 e. The van der Waals surface area contributed by atoms with Gasteiger partial charge in [-0.05, 0) is 24.3 Å². The summed E-state index contributed by atoms with van der Waals surface area (Å²) >= 11 is 0. The Bertz CT molecular complexity index is 1090. The minimum absolute atomic E-state index is 0.209. The molecule has 8 heteroatoms. The minimum atomic E-state index is -0.412. The SMILES string of the molecule is O=C(Cn1ncc2ccccc2c1=O)Nc1cccc(N2CCOC2=O)c1. The Kier molecular flexibility index (Phi) is 4.29. The Labute approximate surface area is 154 Å². The fourth-order valence-electron chi connectivity index (χ4n) is 2.96. The molecule has 1 N–H and O–H groups in total. The highest BCUT2D eigenvalue weighted by Gasteiger charge is 2.23. The zero-order chi connectivity index (χ0) is 18.8. The number of anilines is 2. The summed E-state index contributed by atoms with van der Waals surface area (Å²) in [5.41, 5.74) is 0.833. The van der Waals surface area contributed by atoms with E-state index >= 15 is 0 Å². The van der Waals surface area contributed by atoms with Crippen LogP contribution in [0, 0.1) is 0 Å². The number of aromatic nitrogens is 2. The van der Waals surface area contributed by atoms with Gasteiger partial charge in [-0.25, -0.2) is 9.48 Å². The van der Waals surface area contributed by atoms with E-state index in [1.807, 2.05) is 6.07 Å². The van der Waals surface area contributed by atoms with Gasteiger partial charge in [-0.3, -0.25) is 14.5 Å². The van der Waals surface area contributed by atoms with Gasteiger partial charge < -0.3 is 10.1 Å². The van der Waals surface area contributed by atoms with Crippen molar-refractivity contribution in [1.82, 2.24) is 9.78 Å². The zero-order valence-corrected chi connectivity index (χ0v) is 14.3. The summed E-state index contributed by atoms with van der Waals surface area (Å²) in [6.45, 7) is 0.595. The molecule has 2 heterocycles. The van der Waals surface area contributed by atoms with Crippen molar-refractivity contribution in [1.29, 1.82) is 0 Å². The summed E-state index contributed by atoms with van der Waals surface area (Å²) in [5, 5.41) is 8.01. The molecule has 1 aliphatic heterocycles. The molecular weight excluding hydrogens is 348 g/mol. The number of carbonyl (C=O) groups is 2. The standard InChI is InChI=1S/C19H16N4O4/c24-17(12-23-18(25)16-7-2-1-4-13(16)11-20-23)21-14-5-3-6-15(10-14)22-8-9-27-19(22)26/h1-7,10-11H,8-9,12H2,(H,21,24). The lowest BCUT2D eigenvalue weighted by Gasteiger charge is -2.14. The van der Waals surface area contributed by atoms with Crippen molar-refractivity contribution in [3.8, 4) is 0 Å². The Morgan fingerprint density at radius 2 is 2.00 bits per heavy atom. The van der Waals surface area contributed by atoms with E-state index in [0.29, 0.717) is 29.9 Å². The normalized spacial score (nSPS) is 13.6. The summed E-state index contributed by atoms with van der Waals surface area (Å²) in [7, 11) is 0. The molecular formula is C19H16N4O4. The highest BCUT2D eigenvalue weighted by atomic mass is 16.6. The van der Waals surface area contributed by atoms with Crippen LogP contribution in [0.5, 0.6) is 0 Å². The molecule has 1 saturated heterocycles. The first-order chi connectivity index (χ1) is 13.1. The molecule has 0 atom stereocenters. The number of fused-ring (bicyclic) bond motifs is 1. The van der Waals surface area contributed by atoms with Crippen molar-refractivity contribution in [2.75, 3.05) is 23.4 Å². The van der Waals surface area contributed by atoms with Crippen LogP contribution in [0.3, 0.4) is 0 Å². The third kappa shape index (κ3) is 3.37. The van der Waals surface area contributed by atoms with Gasteiger partial charge in [0.2, 0.25) is 5.91 Å². The molecule has 1 fully saturated rings. The van der Waals surface area contributed by atoms with Crippen LogP contribution < -0.4 is 15.8 Å². The zero-order valence-electron chi connectivity index (χ0n) is 14.3. The molecule has 0 unspecified atom stereocenters. The van der Waals surface area contributed by atoms with Crippen LogP contribution in [0.4, 0.5) is 16.2 Å². The molecule has 0 spiro atoms. The van der Waals surface area contributed by atoms with Crippen molar-refractivity contribution in [3.63, 3.8) is 0 Å². The molecule has 2 aromatic carbocycles. The van der Waals surface area contributed by atoms with Gasteiger partial charge in [-0.1, -0.05) is 24.3 Å². The molecule has 8 nitrogen and oxygen atoms in total. The number of nitrogens with one attached hydrogen (secondary N) is 1. The first-order valence-corrected chi connectivity index (χ1v) is 8.41. The third-order valence-electron chi connectivity index (χ3n) is 4.26. The molecule has 0 radical (unpaired) electrons. The Morgan fingerprint density at radius 3 is 2.81 bits per heavy atom. The maximum absolute atomic E-state index is 12.4. The Hall–Kier alpha value is -3.68. The number of benzene rings is 2. The molecule has 2 amide bonds. The number of rotatable bonds is 4. The quantitative estimate of drug-likeness (QED) is 0.764. The lowest BCUT2D eigenvalue weighted by Crippen LogP contribution is -2.29. The van der Waals surface area contributed by atoms with Crippen LogP contribution in [-0.2, 0) is 16.1 Å². The van der Waals surface area contributed by atoms with E-state index in [4.69, 9.17) is 4.74 Å². The maximum atomic E-state index is 12.4. The predicted molar refractivity (Wildman–Crippen MR) is 99.8 cm³/mol. The second kappa shape index (κ2) is 6.91. The van der Waals surface area contributed by atoms with Gasteiger partial charge in [-0.15, -0.1) is 0 Å². The lowest BCUT2D eigenvalue weighted by atomic mass is 10.2. The van der Waals surface area contributed by atoms with E-state index in [9.17, 15) is 14.4 Å². The van der Waals surface area contributed by atoms with Gasteiger partial charge in [0.1, 0.15) is 13.2 Å². The summed E-state index contributed by atoms with van der Waals surface area (Å²) in [6.07, 6.45) is 1.15. The first-order valence-electron chi connectivity index (χ1n) is 8.41. The molecule has 0 bridgehead atoms. The summed E-state index contributed by atoms with van der Waals surface area (Å²) in [5.74, 6) is -0.388. The van der Waals surface area contributed by atoms with E-state index in [-0.39, 0.29) is 18.0 Å². The van der Waals surface area contributed by atoms with E-state index in [2.05, 4.69) is 10.4 Å². The van der Waals surface area contributed by atoms with Crippen molar-refractivity contribution < 1.29 is 14.3 Å². The molecule has 4 rings (SSSR count).